The highest BCUT2D eigenvalue weighted by Crippen LogP contribution is 2.44. The molecule has 0 aliphatic carbocycles. The molecule has 2 aromatic heterocycles. The van der Waals surface area contributed by atoms with Crippen molar-refractivity contribution in [2.24, 2.45) is 0 Å². The predicted molar refractivity (Wildman–Crippen MR) is 101 cm³/mol. The van der Waals surface area contributed by atoms with Gasteiger partial charge in [0.05, 0.1) is 18.5 Å². The Kier molecular flexibility index (Phi) is 4.77. The van der Waals surface area contributed by atoms with Gasteiger partial charge in [0, 0.05) is 17.1 Å². The number of alkyl halides is 3. The normalized spacial score (nSPS) is 18.8. The van der Waals surface area contributed by atoms with Crippen molar-refractivity contribution in [3.8, 4) is 0 Å². The number of anilines is 2. The van der Waals surface area contributed by atoms with Crippen LogP contribution in [0.1, 0.15) is 40.2 Å². The van der Waals surface area contributed by atoms with E-state index in [1.54, 1.807) is 37.3 Å². The summed E-state index contributed by atoms with van der Waals surface area (Å²) in [6.07, 6.45) is -2.33. The third-order valence-corrected chi connectivity index (χ3v) is 5.05. The number of halogens is 4. The second-order valence-corrected chi connectivity index (χ2v) is 7.21. The molecule has 0 unspecified atom stereocenters. The highest BCUT2D eigenvalue weighted by atomic mass is 35.5. The zero-order valence-corrected chi connectivity index (χ0v) is 15.9. The van der Waals surface area contributed by atoms with Gasteiger partial charge in [-0.1, -0.05) is 17.7 Å². The second-order valence-electron chi connectivity index (χ2n) is 6.77. The van der Waals surface area contributed by atoms with Crippen LogP contribution in [0.4, 0.5) is 24.7 Å². The summed E-state index contributed by atoms with van der Waals surface area (Å²) in [4.78, 5) is 12.8. The number of carbonyl (C=O) groups excluding carboxylic acids is 1. The first-order chi connectivity index (χ1) is 13.7. The van der Waals surface area contributed by atoms with Crippen molar-refractivity contribution in [2.45, 2.75) is 31.6 Å². The van der Waals surface area contributed by atoms with Crippen LogP contribution in [0, 0.1) is 6.92 Å². The number of benzene rings is 1. The van der Waals surface area contributed by atoms with E-state index in [4.69, 9.17) is 16.0 Å². The van der Waals surface area contributed by atoms with Crippen LogP contribution < -0.4 is 10.6 Å². The van der Waals surface area contributed by atoms with Gasteiger partial charge in [-0.3, -0.25) is 4.79 Å². The molecule has 1 amide bonds. The number of hydrogen-bond donors (Lipinski definition) is 2. The lowest BCUT2D eigenvalue weighted by atomic mass is 10.0. The van der Waals surface area contributed by atoms with Crippen molar-refractivity contribution in [3.63, 3.8) is 0 Å². The highest BCUT2D eigenvalue weighted by molar-refractivity contribution is 6.31. The van der Waals surface area contributed by atoms with E-state index in [9.17, 15) is 18.0 Å². The average molecular weight is 425 g/mol. The molecule has 0 saturated heterocycles. The van der Waals surface area contributed by atoms with E-state index in [0.717, 1.165) is 16.4 Å². The van der Waals surface area contributed by atoms with Gasteiger partial charge < -0.3 is 15.1 Å². The standard InChI is InChI=1S/C19H16ClF3N4O2/c1-10-4-5-11(20)7-13(10)26-18(28)12-9-24-27-16(19(21,22)23)8-14(25-17(12)27)15-3-2-6-29-15/h2-7,9,14,16,25H,8H2,1H3,(H,26,28)/t14-,16-/m1/s1. The number of nitrogens with zero attached hydrogens (tertiary/aromatic N) is 2. The first kappa shape index (κ1) is 19.4. The van der Waals surface area contributed by atoms with E-state index in [-0.39, 0.29) is 17.8 Å². The summed E-state index contributed by atoms with van der Waals surface area (Å²) >= 11 is 5.97. The molecule has 3 aromatic rings. The summed E-state index contributed by atoms with van der Waals surface area (Å²) < 4.78 is 47.0. The molecule has 2 N–H and O–H groups in total. The molecule has 10 heteroatoms. The third-order valence-electron chi connectivity index (χ3n) is 4.82. The Labute approximate surface area is 168 Å². The van der Waals surface area contributed by atoms with Crippen LogP contribution in [-0.2, 0) is 0 Å². The summed E-state index contributed by atoms with van der Waals surface area (Å²) in [7, 11) is 0. The summed E-state index contributed by atoms with van der Waals surface area (Å²) in [6, 6.07) is 5.53. The van der Waals surface area contributed by atoms with Crippen molar-refractivity contribution in [2.75, 3.05) is 10.6 Å². The second kappa shape index (κ2) is 7.14. The van der Waals surface area contributed by atoms with Gasteiger partial charge >= 0.3 is 6.18 Å². The molecule has 6 nitrogen and oxygen atoms in total. The van der Waals surface area contributed by atoms with Gasteiger partial charge in [0.15, 0.2) is 6.04 Å². The van der Waals surface area contributed by atoms with E-state index in [1.807, 2.05) is 0 Å². The van der Waals surface area contributed by atoms with Gasteiger partial charge in [0.2, 0.25) is 0 Å². The van der Waals surface area contributed by atoms with Gasteiger partial charge in [-0.05, 0) is 36.8 Å². The molecule has 1 aliphatic heterocycles. The zero-order valence-electron chi connectivity index (χ0n) is 15.1. The minimum absolute atomic E-state index is 0.00474. The van der Waals surface area contributed by atoms with Crippen molar-refractivity contribution in [3.05, 3.63) is 64.7 Å². The fourth-order valence-electron chi connectivity index (χ4n) is 3.32. The highest BCUT2D eigenvalue weighted by Gasteiger charge is 2.47. The first-order valence-electron chi connectivity index (χ1n) is 8.75. The summed E-state index contributed by atoms with van der Waals surface area (Å²) in [6.45, 7) is 1.78. The van der Waals surface area contributed by atoms with Crippen molar-refractivity contribution >= 4 is 29.0 Å². The third kappa shape index (κ3) is 3.69. The lowest BCUT2D eigenvalue weighted by molar-refractivity contribution is -0.174. The molecule has 152 valence electrons. The molecule has 2 atom stereocenters. The first-order valence-corrected chi connectivity index (χ1v) is 9.13. The van der Waals surface area contributed by atoms with Crippen LogP contribution in [0.15, 0.2) is 47.2 Å². The molecule has 4 rings (SSSR count). The number of nitrogens with one attached hydrogen (secondary N) is 2. The molecule has 0 radical (unpaired) electrons. The number of amides is 1. The topological polar surface area (TPSA) is 72.1 Å². The summed E-state index contributed by atoms with van der Waals surface area (Å²) in [5.41, 5.74) is 1.22. The van der Waals surface area contributed by atoms with Crippen molar-refractivity contribution < 1.29 is 22.4 Å². The van der Waals surface area contributed by atoms with Crippen LogP contribution >= 0.6 is 11.6 Å². The Hall–Kier alpha value is -2.94. The van der Waals surface area contributed by atoms with Gasteiger partial charge in [0.1, 0.15) is 17.1 Å². The Bertz CT molecular complexity index is 1050. The fourth-order valence-corrected chi connectivity index (χ4v) is 3.50. The fraction of sp³-hybridized carbons (Fsp3) is 0.263. The molecule has 1 aliphatic rings. The number of fused-ring (bicyclic) bond motifs is 1. The molecular formula is C19H16ClF3N4O2. The quantitative estimate of drug-likeness (QED) is 0.594. The lowest BCUT2D eigenvalue weighted by Crippen LogP contribution is -2.36. The van der Waals surface area contributed by atoms with E-state index >= 15 is 0 Å². The Morgan fingerprint density at radius 2 is 2.17 bits per heavy atom. The summed E-state index contributed by atoms with van der Waals surface area (Å²) in [5.74, 6) is -0.258. The van der Waals surface area contributed by atoms with Crippen LogP contribution in [0.3, 0.4) is 0 Å². The number of furan rings is 1. The maximum Gasteiger partial charge on any atom is 0.410 e. The molecule has 1 aromatic carbocycles. The Balaban J connectivity index is 1.70. The number of rotatable bonds is 3. The zero-order chi connectivity index (χ0) is 20.8. The Morgan fingerprint density at radius 3 is 2.86 bits per heavy atom. The molecule has 0 spiro atoms. The van der Waals surface area contributed by atoms with Crippen LogP contribution in [0.5, 0.6) is 0 Å². The van der Waals surface area contributed by atoms with E-state index in [2.05, 4.69) is 15.7 Å². The van der Waals surface area contributed by atoms with Gasteiger partial charge in [0.25, 0.3) is 5.91 Å². The van der Waals surface area contributed by atoms with Crippen LogP contribution in [0.25, 0.3) is 0 Å². The van der Waals surface area contributed by atoms with Crippen molar-refractivity contribution in [1.82, 2.24) is 9.78 Å². The van der Waals surface area contributed by atoms with Gasteiger partial charge in [-0.2, -0.15) is 18.3 Å². The lowest BCUT2D eigenvalue weighted by Gasteiger charge is -2.32. The monoisotopic (exact) mass is 424 g/mol. The van der Waals surface area contributed by atoms with Crippen molar-refractivity contribution in [1.29, 1.82) is 0 Å². The molecule has 29 heavy (non-hydrogen) atoms. The molecule has 3 heterocycles. The predicted octanol–water partition coefficient (Wildman–Crippen LogP) is 5.35. The maximum atomic E-state index is 13.7. The summed E-state index contributed by atoms with van der Waals surface area (Å²) in [5, 5.41) is 9.91. The number of aromatic nitrogens is 2. The largest absolute Gasteiger partial charge is 0.467 e. The maximum absolute atomic E-state index is 13.7. The SMILES string of the molecule is Cc1ccc(Cl)cc1NC(=O)c1cnn2c1N[C@@H](c1ccco1)C[C@@H]2C(F)(F)F. The number of aryl methyl sites for hydroxylation is 1. The van der Waals surface area contributed by atoms with E-state index in [1.165, 1.54) is 6.26 Å². The van der Waals surface area contributed by atoms with Crippen LogP contribution in [0.2, 0.25) is 5.02 Å². The van der Waals surface area contributed by atoms with Gasteiger partial charge in [-0.15, -0.1) is 0 Å². The van der Waals surface area contributed by atoms with E-state index < -0.39 is 24.2 Å². The number of carbonyl (C=O) groups is 1. The smallest absolute Gasteiger partial charge is 0.410 e. The minimum atomic E-state index is -4.54. The number of hydrogen-bond acceptors (Lipinski definition) is 4. The molecule has 0 saturated carbocycles. The molecule has 0 fully saturated rings. The average Bonchev–Trinajstić information content (AvgIpc) is 3.32. The minimum Gasteiger partial charge on any atom is -0.467 e. The van der Waals surface area contributed by atoms with Gasteiger partial charge in [-0.25, -0.2) is 4.68 Å². The Morgan fingerprint density at radius 1 is 1.38 bits per heavy atom. The van der Waals surface area contributed by atoms with E-state index in [0.29, 0.717) is 16.5 Å². The molecular weight excluding hydrogens is 409 g/mol. The molecule has 0 bridgehead atoms. The van der Waals surface area contributed by atoms with Crippen LogP contribution in [-0.4, -0.2) is 21.9 Å².